The Morgan fingerprint density at radius 2 is 2.00 bits per heavy atom. The number of carbonyl (C=O) groups excluding carboxylic acids is 1. The second-order valence-electron chi connectivity index (χ2n) is 8.37. The Morgan fingerprint density at radius 3 is 2.72 bits per heavy atom. The largest absolute Gasteiger partial charge is 0.326 e. The average Bonchev–Trinajstić information content (AvgIpc) is 3.32. The number of amides is 1. The van der Waals surface area contributed by atoms with Crippen molar-refractivity contribution in [2.24, 2.45) is 11.3 Å². The van der Waals surface area contributed by atoms with E-state index in [9.17, 15) is 4.79 Å². The van der Waals surface area contributed by atoms with Crippen LogP contribution in [0.4, 0.5) is 5.69 Å². The van der Waals surface area contributed by atoms with E-state index < -0.39 is 0 Å². The number of piperidine rings is 2. The zero-order valence-corrected chi connectivity index (χ0v) is 15.4. The molecule has 2 aliphatic heterocycles. The molecule has 1 amide bonds. The molecule has 2 atom stereocenters. The maximum Gasteiger partial charge on any atom is 0.228 e. The van der Waals surface area contributed by atoms with Gasteiger partial charge in [0.2, 0.25) is 5.91 Å². The van der Waals surface area contributed by atoms with E-state index >= 15 is 0 Å². The number of rotatable bonds is 4. The summed E-state index contributed by atoms with van der Waals surface area (Å²) in [6, 6.07) is 9.16. The molecule has 3 aliphatic rings. The van der Waals surface area contributed by atoms with Gasteiger partial charge in [-0.25, -0.2) is 0 Å². The predicted molar refractivity (Wildman–Crippen MR) is 101 cm³/mol. The average molecular weight is 341 g/mol. The van der Waals surface area contributed by atoms with Gasteiger partial charge in [0.1, 0.15) is 0 Å². The molecule has 136 valence electrons. The summed E-state index contributed by atoms with van der Waals surface area (Å²) in [7, 11) is 0. The van der Waals surface area contributed by atoms with Crippen LogP contribution in [-0.4, -0.2) is 36.5 Å². The first-order valence-corrected chi connectivity index (χ1v) is 10.0. The van der Waals surface area contributed by atoms with E-state index in [1.807, 2.05) is 0 Å². The van der Waals surface area contributed by atoms with Gasteiger partial charge >= 0.3 is 0 Å². The second-order valence-corrected chi connectivity index (χ2v) is 8.37. The summed E-state index contributed by atoms with van der Waals surface area (Å²) in [5.41, 5.74) is 2.59. The first kappa shape index (κ1) is 17.0. The summed E-state index contributed by atoms with van der Waals surface area (Å²) in [6.07, 6.45) is 7.37. The maximum absolute atomic E-state index is 12.6. The summed E-state index contributed by atoms with van der Waals surface area (Å²) in [5, 5.41) is 6.54. The van der Waals surface area contributed by atoms with Crippen LogP contribution >= 0.6 is 0 Å². The van der Waals surface area contributed by atoms with Crippen molar-refractivity contribution in [2.45, 2.75) is 58.0 Å². The van der Waals surface area contributed by atoms with Crippen molar-refractivity contribution in [1.82, 2.24) is 10.2 Å². The van der Waals surface area contributed by atoms with Crippen LogP contribution in [0.2, 0.25) is 0 Å². The van der Waals surface area contributed by atoms with Crippen LogP contribution in [0.5, 0.6) is 0 Å². The Morgan fingerprint density at radius 1 is 1.24 bits per heavy atom. The standard InChI is InChI=1S/C21H31N3O/c1-16-4-2-3-13-24(16)15-17-5-7-18(8-6-17)23-20(25)19-14-21(19)9-11-22-12-10-21/h5-8,16,19,22H,2-4,9-15H2,1H3,(H,23,25). The SMILES string of the molecule is CC1CCCCN1Cc1ccc(NC(=O)C2CC23CCNCC3)cc1. The van der Waals surface area contributed by atoms with Crippen LogP contribution in [-0.2, 0) is 11.3 Å². The molecule has 0 aromatic heterocycles. The monoisotopic (exact) mass is 341 g/mol. The molecule has 3 fully saturated rings. The van der Waals surface area contributed by atoms with Crippen molar-refractivity contribution < 1.29 is 4.79 Å². The molecule has 1 aliphatic carbocycles. The molecule has 1 aromatic rings. The summed E-state index contributed by atoms with van der Waals surface area (Å²) in [6.45, 7) is 6.69. The van der Waals surface area contributed by atoms with Gasteiger partial charge in [-0.2, -0.15) is 0 Å². The molecule has 2 unspecified atom stereocenters. The zero-order chi connectivity index (χ0) is 17.3. The molecular formula is C21H31N3O. The van der Waals surface area contributed by atoms with Gasteiger partial charge < -0.3 is 10.6 Å². The molecule has 1 spiro atoms. The first-order chi connectivity index (χ1) is 12.2. The Hall–Kier alpha value is -1.39. The van der Waals surface area contributed by atoms with E-state index in [1.165, 1.54) is 31.4 Å². The van der Waals surface area contributed by atoms with Gasteiger partial charge in [-0.05, 0) is 81.8 Å². The van der Waals surface area contributed by atoms with Gasteiger partial charge in [-0.15, -0.1) is 0 Å². The van der Waals surface area contributed by atoms with E-state index in [1.54, 1.807) is 0 Å². The van der Waals surface area contributed by atoms with Crippen molar-refractivity contribution in [3.05, 3.63) is 29.8 Å². The number of benzene rings is 1. The van der Waals surface area contributed by atoms with Gasteiger partial charge in [0.25, 0.3) is 0 Å². The number of nitrogens with one attached hydrogen (secondary N) is 2. The van der Waals surface area contributed by atoms with E-state index in [-0.39, 0.29) is 11.8 Å². The summed E-state index contributed by atoms with van der Waals surface area (Å²) in [4.78, 5) is 15.1. The van der Waals surface area contributed by atoms with Gasteiger partial charge in [0.05, 0.1) is 0 Å². The van der Waals surface area contributed by atoms with Gasteiger partial charge in [0, 0.05) is 24.2 Å². The molecule has 25 heavy (non-hydrogen) atoms. The topological polar surface area (TPSA) is 44.4 Å². The lowest BCUT2D eigenvalue weighted by molar-refractivity contribution is -0.118. The highest BCUT2D eigenvalue weighted by atomic mass is 16.2. The predicted octanol–water partition coefficient (Wildman–Crippen LogP) is 3.39. The van der Waals surface area contributed by atoms with Crippen molar-refractivity contribution in [3.8, 4) is 0 Å². The first-order valence-electron chi connectivity index (χ1n) is 10.0. The Labute approximate surface area is 151 Å². The van der Waals surface area contributed by atoms with E-state index in [2.05, 4.69) is 46.7 Å². The highest BCUT2D eigenvalue weighted by Crippen LogP contribution is 2.58. The molecule has 2 N–H and O–H groups in total. The molecular weight excluding hydrogens is 310 g/mol. The van der Waals surface area contributed by atoms with E-state index in [4.69, 9.17) is 0 Å². The zero-order valence-electron chi connectivity index (χ0n) is 15.4. The quantitative estimate of drug-likeness (QED) is 0.882. The highest BCUT2D eigenvalue weighted by molar-refractivity contribution is 5.95. The minimum Gasteiger partial charge on any atom is -0.326 e. The molecule has 4 nitrogen and oxygen atoms in total. The number of carbonyl (C=O) groups is 1. The van der Waals surface area contributed by atoms with Crippen LogP contribution in [0, 0.1) is 11.3 Å². The van der Waals surface area contributed by atoms with Gasteiger partial charge in [-0.3, -0.25) is 9.69 Å². The fraction of sp³-hybridized carbons (Fsp3) is 0.667. The number of nitrogens with zero attached hydrogens (tertiary/aromatic N) is 1. The van der Waals surface area contributed by atoms with Crippen LogP contribution in [0.3, 0.4) is 0 Å². The minimum atomic E-state index is 0.222. The molecule has 0 radical (unpaired) electrons. The number of anilines is 1. The Kier molecular flexibility index (Phi) is 4.83. The molecule has 1 saturated carbocycles. The fourth-order valence-corrected chi connectivity index (χ4v) is 4.75. The molecule has 1 aromatic carbocycles. The third-order valence-corrected chi connectivity index (χ3v) is 6.65. The lowest BCUT2D eigenvalue weighted by atomic mass is 9.92. The highest BCUT2D eigenvalue weighted by Gasteiger charge is 2.57. The molecule has 2 saturated heterocycles. The minimum absolute atomic E-state index is 0.222. The number of hydrogen-bond acceptors (Lipinski definition) is 3. The van der Waals surface area contributed by atoms with Crippen LogP contribution in [0.15, 0.2) is 24.3 Å². The lowest BCUT2D eigenvalue weighted by Crippen LogP contribution is -2.36. The molecule has 4 rings (SSSR count). The molecule has 4 heteroatoms. The van der Waals surface area contributed by atoms with E-state index in [0.717, 1.165) is 44.6 Å². The Bertz CT molecular complexity index is 606. The maximum atomic E-state index is 12.6. The second kappa shape index (κ2) is 7.08. The molecule has 0 bridgehead atoms. The fourth-order valence-electron chi connectivity index (χ4n) is 4.75. The van der Waals surface area contributed by atoms with Crippen molar-refractivity contribution in [3.63, 3.8) is 0 Å². The van der Waals surface area contributed by atoms with Gasteiger partial charge in [0.15, 0.2) is 0 Å². The summed E-state index contributed by atoms with van der Waals surface area (Å²) in [5.74, 6) is 0.447. The number of likely N-dealkylation sites (tertiary alicyclic amines) is 1. The third-order valence-electron chi connectivity index (χ3n) is 6.65. The van der Waals surface area contributed by atoms with Crippen LogP contribution < -0.4 is 10.6 Å². The van der Waals surface area contributed by atoms with Crippen molar-refractivity contribution in [1.29, 1.82) is 0 Å². The number of hydrogen-bond donors (Lipinski definition) is 2. The third kappa shape index (κ3) is 3.75. The van der Waals surface area contributed by atoms with Crippen LogP contribution in [0.25, 0.3) is 0 Å². The summed E-state index contributed by atoms with van der Waals surface area (Å²) >= 11 is 0. The van der Waals surface area contributed by atoms with E-state index in [0.29, 0.717) is 11.5 Å². The summed E-state index contributed by atoms with van der Waals surface area (Å²) < 4.78 is 0. The molecule has 2 heterocycles. The van der Waals surface area contributed by atoms with Crippen molar-refractivity contribution in [2.75, 3.05) is 25.0 Å². The normalized spacial score (nSPS) is 28.7. The van der Waals surface area contributed by atoms with Gasteiger partial charge in [-0.1, -0.05) is 18.6 Å². The smallest absolute Gasteiger partial charge is 0.228 e. The Balaban J connectivity index is 1.31. The van der Waals surface area contributed by atoms with Crippen molar-refractivity contribution >= 4 is 11.6 Å². The lowest BCUT2D eigenvalue weighted by Gasteiger charge is -2.33. The van der Waals surface area contributed by atoms with Crippen LogP contribution in [0.1, 0.15) is 51.0 Å².